The summed E-state index contributed by atoms with van der Waals surface area (Å²) in [7, 11) is 0. The van der Waals surface area contributed by atoms with Crippen LogP contribution in [-0.4, -0.2) is 0 Å². The van der Waals surface area contributed by atoms with Crippen LogP contribution in [-0.2, 0) is 6.42 Å². The number of nitrogens with zero attached hydrogens (tertiary/aromatic N) is 1. The van der Waals surface area contributed by atoms with Crippen LogP contribution in [0.1, 0.15) is 23.6 Å². The van der Waals surface area contributed by atoms with E-state index in [1.165, 1.54) is 5.56 Å². The van der Waals surface area contributed by atoms with E-state index in [1.54, 1.807) is 0 Å². The van der Waals surface area contributed by atoms with Gasteiger partial charge in [-0.3, -0.25) is 0 Å². The van der Waals surface area contributed by atoms with Crippen molar-refractivity contribution in [3.63, 3.8) is 0 Å². The lowest BCUT2D eigenvalue weighted by atomic mass is 10.0. The van der Waals surface area contributed by atoms with Gasteiger partial charge in [-0.2, -0.15) is 5.26 Å². The molecule has 0 heterocycles. The fourth-order valence-corrected chi connectivity index (χ4v) is 1.07. The van der Waals surface area contributed by atoms with Crippen molar-refractivity contribution in [3.8, 4) is 6.07 Å². The molecule has 0 atom stereocenters. The van der Waals surface area contributed by atoms with Crippen molar-refractivity contribution in [1.29, 1.82) is 5.26 Å². The zero-order valence-electron chi connectivity index (χ0n) is 6.89. The molecule has 0 N–H and O–H groups in total. The van der Waals surface area contributed by atoms with Crippen molar-refractivity contribution >= 4 is 0 Å². The number of aryl methyl sites for hydroxylation is 2. The second kappa shape index (κ2) is 3.21. The van der Waals surface area contributed by atoms with Crippen molar-refractivity contribution in [1.82, 2.24) is 0 Å². The van der Waals surface area contributed by atoms with Gasteiger partial charge in [0.25, 0.3) is 0 Å². The van der Waals surface area contributed by atoms with Crippen LogP contribution in [0.3, 0.4) is 0 Å². The van der Waals surface area contributed by atoms with E-state index >= 15 is 0 Å². The first-order valence-electron chi connectivity index (χ1n) is 3.77. The third-order valence-electron chi connectivity index (χ3n) is 1.82. The normalized spacial score (nSPS) is 9.18. The maximum Gasteiger partial charge on any atom is 0.0994 e. The minimum atomic E-state index is 0.780. The summed E-state index contributed by atoms with van der Waals surface area (Å²) in [5.41, 5.74) is 3.15. The molecule has 0 saturated carbocycles. The molecular weight excluding hydrogens is 134 g/mol. The van der Waals surface area contributed by atoms with Crippen molar-refractivity contribution < 1.29 is 0 Å². The predicted molar refractivity (Wildman–Crippen MR) is 45.3 cm³/mol. The highest BCUT2D eigenvalue weighted by Crippen LogP contribution is 2.09. The van der Waals surface area contributed by atoms with Crippen LogP contribution in [0.4, 0.5) is 0 Å². The molecule has 0 unspecified atom stereocenters. The quantitative estimate of drug-likeness (QED) is 0.595. The van der Waals surface area contributed by atoms with Gasteiger partial charge < -0.3 is 0 Å². The Morgan fingerprint density at radius 3 is 2.64 bits per heavy atom. The Labute approximate surface area is 67.3 Å². The van der Waals surface area contributed by atoms with Crippen molar-refractivity contribution in [2.45, 2.75) is 20.3 Å². The number of hydrogen-bond acceptors (Lipinski definition) is 1. The summed E-state index contributed by atoms with van der Waals surface area (Å²) in [6.45, 7) is 4.08. The highest BCUT2D eigenvalue weighted by atomic mass is 14.2. The van der Waals surface area contributed by atoms with Crippen molar-refractivity contribution in [2.24, 2.45) is 0 Å². The monoisotopic (exact) mass is 145 g/mol. The Bertz CT molecular complexity index is 294. The third kappa shape index (κ3) is 1.59. The van der Waals surface area contributed by atoms with Crippen LogP contribution >= 0.6 is 0 Å². The van der Waals surface area contributed by atoms with Crippen LogP contribution in [0, 0.1) is 18.3 Å². The first-order valence-corrected chi connectivity index (χ1v) is 3.77. The molecule has 1 aromatic rings. The SMILES string of the molecule is CCc1ccc(C#N)c(C)c1. The van der Waals surface area contributed by atoms with Gasteiger partial charge in [0.05, 0.1) is 11.6 Å². The molecule has 1 nitrogen and oxygen atoms in total. The van der Waals surface area contributed by atoms with E-state index < -0.39 is 0 Å². The third-order valence-corrected chi connectivity index (χ3v) is 1.82. The summed E-state index contributed by atoms with van der Waals surface area (Å²) in [5.74, 6) is 0. The standard InChI is InChI=1S/C10H11N/c1-3-9-4-5-10(7-11)8(2)6-9/h4-6H,3H2,1-2H3. The average Bonchev–Trinajstić information content (AvgIpc) is 2.04. The van der Waals surface area contributed by atoms with Crippen LogP contribution in [0.2, 0.25) is 0 Å². The van der Waals surface area contributed by atoms with E-state index in [0.29, 0.717) is 0 Å². The maximum atomic E-state index is 8.63. The second-order valence-electron chi connectivity index (χ2n) is 2.61. The molecule has 0 aliphatic heterocycles. The molecule has 0 radical (unpaired) electrons. The largest absolute Gasteiger partial charge is 0.192 e. The van der Waals surface area contributed by atoms with Gasteiger partial charge in [0.15, 0.2) is 0 Å². The van der Waals surface area contributed by atoms with Gasteiger partial charge in [-0.25, -0.2) is 0 Å². The summed E-state index contributed by atoms with van der Waals surface area (Å²) in [6, 6.07) is 8.10. The van der Waals surface area contributed by atoms with E-state index in [9.17, 15) is 0 Å². The lowest BCUT2D eigenvalue weighted by molar-refractivity contribution is 1.13. The van der Waals surface area contributed by atoms with Crippen LogP contribution in [0.5, 0.6) is 0 Å². The molecule has 56 valence electrons. The molecule has 0 amide bonds. The Hall–Kier alpha value is -1.29. The molecule has 0 aliphatic rings. The average molecular weight is 145 g/mol. The lowest BCUT2D eigenvalue weighted by Crippen LogP contribution is -1.85. The molecule has 0 aromatic heterocycles. The molecule has 1 rings (SSSR count). The summed E-state index contributed by atoms with van der Waals surface area (Å²) in [6.07, 6.45) is 1.03. The predicted octanol–water partition coefficient (Wildman–Crippen LogP) is 2.43. The Morgan fingerprint density at radius 2 is 2.18 bits per heavy atom. The molecule has 1 heteroatoms. The van der Waals surface area contributed by atoms with Gasteiger partial charge in [-0.15, -0.1) is 0 Å². The molecule has 11 heavy (non-hydrogen) atoms. The molecule has 0 saturated heterocycles. The Kier molecular flexibility index (Phi) is 2.28. The van der Waals surface area contributed by atoms with Crippen molar-refractivity contribution in [2.75, 3.05) is 0 Å². The second-order valence-corrected chi connectivity index (χ2v) is 2.61. The van der Waals surface area contributed by atoms with Gasteiger partial charge in [0.1, 0.15) is 0 Å². The minimum absolute atomic E-state index is 0.780. The zero-order valence-corrected chi connectivity index (χ0v) is 6.89. The smallest absolute Gasteiger partial charge is 0.0994 e. The minimum Gasteiger partial charge on any atom is -0.192 e. The summed E-state index contributed by atoms with van der Waals surface area (Å²) >= 11 is 0. The van der Waals surface area contributed by atoms with E-state index in [1.807, 2.05) is 19.1 Å². The molecule has 0 fully saturated rings. The van der Waals surface area contributed by atoms with Crippen LogP contribution < -0.4 is 0 Å². The highest BCUT2D eigenvalue weighted by Gasteiger charge is 1.96. The van der Waals surface area contributed by atoms with Crippen molar-refractivity contribution in [3.05, 3.63) is 34.9 Å². The number of rotatable bonds is 1. The fraction of sp³-hybridized carbons (Fsp3) is 0.300. The fourth-order valence-electron chi connectivity index (χ4n) is 1.07. The molecule has 0 aliphatic carbocycles. The molecule has 0 bridgehead atoms. The summed E-state index contributed by atoms with van der Waals surface area (Å²) in [5, 5.41) is 8.63. The van der Waals surface area contributed by atoms with Gasteiger partial charge in [-0.1, -0.05) is 19.1 Å². The Morgan fingerprint density at radius 1 is 1.45 bits per heavy atom. The Balaban J connectivity index is 3.12. The first kappa shape index (κ1) is 7.81. The van der Waals surface area contributed by atoms with Gasteiger partial charge in [0.2, 0.25) is 0 Å². The molecule has 0 spiro atoms. The van der Waals surface area contributed by atoms with E-state index in [-0.39, 0.29) is 0 Å². The zero-order chi connectivity index (χ0) is 8.27. The van der Waals surface area contributed by atoms with E-state index in [4.69, 9.17) is 5.26 Å². The highest BCUT2D eigenvalue weighted by molar-refractivity contribution is 5.39. The molecule has 1 aromatic carbocycles. The van der Waals surface area contributed by atoms with Crippen LogP contribution in [0.15, 0.2) is 18.2 Å². The molecular formula is C10H11N. The van der Waals surface area contributed by atoms with Gasteiger partial charge >= 0.3 is 0 Å². The summed E-state index contributed by atoms with van der Waals surface area (Å²) in [4.78, 5) is 0. The topological polar surface area (TPSA) is 23.8 Å². The van der Waals surface area contributed by atoms with Gasteiger partial charge in [0, 0.05) is 0 Å². The number of hydrogen-bond donors (Lipinski definition) is 0. The number of nitriles is 1. The van der Waals surface area contributed by atoms with E-state index in [2.05, 4.69) is 19.1 Å². The van der Waals surface area contributed by atoms with Gasteiger partial charge in [-0.05, 0) is 30.5 Å². The maximum absolute atomic E-state index is 8.63. The van der Waals surface area contributed by atoms with E-state index in [0.717, 1.165) is 17.5 Å². The number of benzene rings is 1. The van der Waals surface area contributed by atoms with Crippen LogP contribution in [0.25, 0.3) is 0 Å². The first-order chi connectivity index (χ1) is 5.27. The lowest BCUT2D eigenvalue weighted by Gasteiger charge is -1.99. The summed E-state index contributed by atoms with van der Waals surface area (Å²) < 4.78 is 0.